The first-order chi connectivity index (χ1) is 9.59. The highest BCUT2D eigenvalue weighted by Gasteiger charge is 2.58. The first-order valence-corrected chi connectivity index (χ1v) is 6.45. The van der Waals surface area contributed by atoms with Crippen LogP contribution in [0, 0.1) is 0 Å². The van der Waals surface area contributed by atoms with Gasteiger partial charge in [0.25, 0.3) is 0 Å². The lowest BCUT2D eigenvalue weighted by atomic mass is 10.1. The highest BCUT2D eigenvalue weighted by Crippen LogP contribution is 2.50. The van der Waals surface area contributed by atoms with Crippen LogP contribution in [0.3, 0.4) is 0 Å². The van der Waals surface area contributed by atoms with Gasteiger partial charge in [-0.25, -0.2) is 0 Å². The molecule has 3 rings (SSSR count). The second kappa shape index (κ2) is 4.65. The van der Waals surface area contributed by atoms with E-state index in [2.05, 4.69) is 0 Å². The Morgan fingerprint density at radius 2 is 1.85 bits per heavy atom. The first kappa shape index (κ1) is 12.7. The summed E-state index contributed by atoms with van der Waals surface area (Å²) in [6.07, 6.45) is 0.469. The quantitative estimate of drug-likeness (QED) is 0.895. The summed E-state index contributed by atoms with van der Waals surface area (Å²) in [5.74, 6) is 0.349. The van der Waals surface area contributed by atoms with E-state index in [4.69, 9.17) is 15.6 Å². The zero-order chi connectivity index (χ0) is 14.2. The summed E-state index contributed by atoms with van der Waals surface area (Å²) in [5, 5.41) is 9.09. The van der Waals surface area contributed by atoms with E-state index in [0.29, 0.717) is 12.2 Å². The van der Waals surface area contributed by atoms with E-state index in [1.54, 1.807) is 0 Å². The number of hydrogen-bond donors (Lipinski definition) is 2. The molecule has 2 aromatic carbocycles. The zero-order valence-electron chi connectivity index (χ0n) is 10.8. The fourth-order valence-electron chi connectivity index (χ4n) is 2.35. The standard InChI is InChI=1S/C16H15NO3/c17-16(15(18)19)10-14(16)11-5-4-8-13(9-11)20-12-6-2-1-3-7-12/h1-9,14H,10,17H2,(H,18,19). The highest BCUT2D eigenvalue weighted by atomic mass is 16.5. The number of para-hydroxylation sites is 1. The van der Waals surface area contributed by atoms with Gasteiger partial charge in [0.1, 0.15) is 17.0 Å². The largest absolute Gasteiger partial charge is 0.480 e. The third-order valence-electron chi connectivity index (χ3n) is 3.64. The minimum atomic E-state index is -1.12. The van der Waals surface area contributed by atoms with E-state index in [9.17, 15) is 4.79 Å². The number of nitrogens with two attached hydrogens (primary N) is 1. The molecule has 3 N–H and O–H groups in total. The Morgan fingerprint density at radius 3 is 2.50 bits per heavy atom. The van der Waals surface area contributed by atoms with Crippen LogP contribution in [0.5, 0.6) is 11.5 Å². The number of carboxylic acids is 1. The maximum Gasteiger partial charge on any atom is 0.324 e. The summed E-state index contributed by atoms with van der Waals surface area (Å²) in [6.45, 7) is 0. The molecule has 2 aromatic rings. The minimum absolute atomic E-state index is 0.140. The van der Waals surface area contributed by atoms with Crippen LogP contribution in [0.25, 0.3) is 0 Å². The van der Waals surface area contributed by atoms with Gasteiger partial charge in [0.05, 0.1) is 0 Å². The van der Waals surface area contributed by atoms with Crippen molar-refractivity contribution in [3.05, 3.63) is 60.2 Å². The second-order valence-corrected chi connectivity index (χ2v) is 5.09. The van der Waals surface area contributed by atoms with Crippen LogP contribution in [0.2, 0.25) is 0 Å². The Balaban J connectivity index is 1.80. The Bertz CT molecular complexity index is 641. The van der Waals surface area contributed by atoms with Crippen molar-refractivity contribution in [3.8, 4) is 11.5 Å². The van der Waals surface area contributed by atoms with Crippen LogP contribution < -0.4 is 10.5 Å². The van der Waals surface area contributed by atoms with Crippen LogP contribution in [-0.4, -0.2) is 16.6 Å². The molecule has 0 spiro atoms. The molecule has 4 heteroatoms. The van der Waals surface area contributed by atoms with Gasteiger partial charge in [-0.15, -0.1) is 0 Å². The lowest BCUT2D eigenvalue weighted by Gasteiger charge is -2.09. The molecule has 0 bridgehead atoms. The van der Waals surface area contributed by atoms with Crippen molar-refractivity contribution >= 4 is 5.97 Å². The van der Waals surface area contributed by atoms with Gasteiger partial charge >= 0.3 is 5.97 Å². The van der Waals surface area contributed by atoms with Gasteiger partial charge in [-0.2, -0.15) is 0 Å². The SMILES string of the molecule is NC1(C(=O)O)CC1c1cccc(Oc2ccccc2)c1. The summed E-state index contributed by atoms with van der Waals surface area (Å²) in [6, 6.07) is 16.9. The third kappa shape index (κ3) is 2.26. The lowest BCUT2D eigenvalue weighted by molar-refractivity contribution is -0.139. The molecule has 2 unspecified atom stereocenters. The van der Waals surface area contributed by atoms with E-state index in [1.165, 1.54) is 0 Å². The number of benzene rings is 2. The van der Waals surface area contributed by atoms with Gasteiger partial charge in [-0.1, -0.05) is 30.3 Å². The molecule has 0 radical (unpaired) electrons. The Hall–Kier alpha value is -2.33. The monoisotopic (exact) mass is 269 g/mol. The summed E-state index contributed by atoms with van der Waals surface area (Å²) >= 11 is 0. The van der Waals surface area contributed by atoms with Crippen molar-refractivity contribution in [2.24, 2.45) is 5.73 Å². The molecule has 0 aromatic heterocycles. The van der Waals surface area contributed by atoms with Crippen LogP contribution in [0.15, 0.2) is 54.6 Å². The fourth-order valence-corrected chi connectivity index (χ4v) is 2.35. The number of rotatable bonds is 4. The van der Waals surface area contributed by atoms with E-state index < -0.39 is 11.5 Å². The molecule has 102 valence electrons. The van der Waals surface area contributed by atoms with Crippen molar-refractivity contribution in [2.75, 3.05) is 0 Å². The number of ether oxygens (including phenoxy) is 1. The summed E-state index contributed by atoms with van der Waals surface area (Å²) in [5.41, 5.74) is 5.61. The van der Waals surface area contributed by atoms with Gasteiger partial charge in [0, 0.05) is 5.92 Å². The molecule has 0 saturated heterocycles. The summed E-state index contributed by atoms with van der Waals surface area (Å²) < 4.78 is 5.74. The van der Waals surface area contributed by atoms with E-state index in [1.807, 2.05) is 54.6 Å². The lowest BCUT2D eigenvalue weighted by Crippen LogP contribution is -2.34. The predicted octanol–water partition coefficient (Wildman–Crippen LogP) is 2.75. The van der Waals surface area contributed by atoms with Gasteiger partial charge in [0.2, 0.25) is 0 Å². The van der Waals surface area contributed by atoms with E-state index in [0.717, 1.165) is 11.3 Å². The van der Waals surface area contributed by atoms with E-state index >= 15 is 0 Å². The molecular weight excluding hydrogens is 254 g/mol. The molecule has 20 heavy (non-hydrogen) atoms. The zero-order valence-corrected chi connectivity index (χ0v) is 10.8. The third-order valence-corrected chi connectivity index (χ3v) is 3.64. The molecule has 1 saturated carbocycles. The number of carbonyl (C=O) groups is 1. The highest BCUT2D eigenvalue weighted by molar-refractivity contribution is 5.85. The molecule has 0 heterocycles. The van der Waals surface area contributed by atoms with Crippen LogP contribution in [0.1, 0.15) is 17.9 Å². The van der Waals surface area contributed by atoms with Gasteiger partial charge in [0.15, 0.2) is 0 Å². The molecular formula is C16H15NO3. The Kier molecular flexibility index (Phi) is 2.95. The molecule has 0 aliphatic heterocycles. The smallest absolute Gasteiger partial charge is 0.324 e. The molecule has 2 atom stereocenters. The minimum Gasteiger partial charge on any atom is -0.480 e. The molecule has 1 aliphatic carbocycles. The average molecular weight is 269 g/mol. The predicted molar refractivity (Wildman–Crippen MR) is 74.9 cm³/mol. The van der Waals surface area contributed by atoms with Gasteiger partial charge in [-0.05, 0) is 36.2 Å². The van der Waals surface area contributed by atoms with Crippen LogP contribution in [-0.2, 0) is 4.79 Å². The molecule has 1 fully saturated rings. The van der Waals surface area contributed by atoms with Crippen LogP contribution in [0.4, 0.5) is 0 Å². The molecule has 1 aliphatic rings. The van der Waals surface area contributed by atoms with E-state index in [-0.39, 0.29) is 5.92 Å². The van der Waals surface area contributed by atoms with Gasteiger partial charge in [-0.3, -0.25) is 4.79 Å². The Labute approximate surface area is 116 Å². The number of carboxylic acid groups (broad SMARTS) is 1. The maximum absolute atomic E-state index is 11.1. The van der Waals surface area contributed by atoms with Crippen LogP contribution >= 0.6 is 0 Å². The summed E-state index contributed by atoms with van der Waals surface area (Å²) in [4.78, 5) is 11.1. The van der Waals surface area contributed by atoms with Crippen molar-refractivity contribution < 1.29 is 14.6 Å². The topological polar surface area (TPSA) is 72.6 Å². The summed E-state index contributed by atoms with van der Waals surface area (Å²) in [7, 11) is 0. The normalized spacial score (nSPS) is 24.1. The fraction of sp³-hybridized carbons (Fsp3) is 0.188. The average Bonchev–Trinajstić information content (AvgIpc) is 3.14. The second-order valence-electron chi connectivity index (χ2n) is 5.09. The van der Waals surface area contributed by atoms with Crippen molar-refractivity contribution in [1.82, 2.24) is 0 Å². The maximum atomic E-state index is 11.1. The Morgan fingerprint density at radius 1 is 1.15 bits per heavy atom. The van der Waals surface area contributed by atoms with Crippen molar-refractivity contribution in [3.63, 3.8) is 0 Å². The van der Waals surface area contributed by atoms with Crippen molar-refractivity contribution in [1.29, 1.82) is 0 Å². The van der Waals surface area contributed by atoms with Gasteiger partial charge < -0.3 is 15.6 Å². The number of aliphatic carboxylic acids is 1. The first-order valence-electron chi connectivity index (χ1n) is 6.45. The number of hydrogen-bond acceptors (Lipinski definition) is 3. The molecule has 4 nitrogen and oxygen atoms in total. The molecule has 0 amide bonds. The van der Waals surface area contributed by atoms with Crippen molar-refractivity contribution in [2.45, 2.75) is 17.9 Å².